The molecule has 9 nitrogen and oxygen atoms in total. The Hall–Kier alpha value is -2.96. The van der Waals surface area contributed by atoms with Crippen LogP contribution >= 0.6 is 23.1 Å². The topological polar surface area (TPSA) is 138 Å². The van der Waals surface area contributed by atoms with E-state index in [1.165, 1.54) is 18.2 Å². The van der Waals surface area contributed by atoms with Crippen molar-refractivity contribution >= 4 is 67.4 Å². The third-order valence-corrected chi connectivity index (χ3v) is 7.52. The number of aromatic carboxylic acids is 1. The number of para-hydroxylation sites is 1. The molecular formula is C16H8N2O7S3. The number of thioether (sulfide) groups is 1. The maximum atomic E-state index is 13.2. The Morgan fingerprint density at radius 2 is 1.82 bits per heavy atom. The van der Waals surface area contributed by atoms with Gasteiger partial charge in [0.1, 0.15) is 4.90 Å². The van der Waals surface area contributed by atoms with Gasteiger partial charge in [0.15, 0.2) is 0 Å². The second-order valence-electron chi connectivity index (χ2n) is 5.59. The zero-order valence-corrected chi connectivity index (χ0v) is 16.0. The molecule has 2 aromatic rings. The molecule has 1 aromatic heterocycles. The number of thiophene rings is 1. The molecule has 0 bridgehead atoms. The second-order valence-corrected chi connectivity index (χ2v) is 9.08. The molecule has 0 saturated carbocycles. The van der Waals surface area contributed by atoms with Crippen molar-refractivity contribution in [2.75, 3.05) is 4.31 Å². The molecule has 12 heteroatoms. The summed E-state index contributed by atoms with van der Waals surface area (Å²) in [4.78, 5) is 47.3. The standard InChI is InChI=1S/C16H8N2O7S3/c19-13-12(27-16(23)17-13)11-7-3-1-2-4-9(7)18(14(11)20)28(24,25)10-6-26-5-8(10)15(21)22/h1-6H,(H,21,22)(H,17,19,23). The Morgan fingerprint density at radius 1 is 1.11 bits per heavy atom. The first-order valence-corrected chi connectivity index (χ1v) is 10.7. The molecule has 2 N–H and O–H groups in total. The number of carboxylic acids is 1. The number of benzene rings is 1. The summed E-state index contributed by atoms with van der Waals surface area (Å²) in [6.45, 7) is 0. The van der Waals surface area contributed by atoms with E-state index in [1.807, 2.05) is 5.32 Å². The van der Waals surface area contributed by atoms with Crippen LogP contribution < -0.4 is 9.62 Å². The molecule has 4 rings (SSSR count). The maximum absolute atomic E-state index is 13.2. The fraction of sp³-hybridized carbons (Fsp3) is 0. The summed E-state index contributed by atoms with van der Waals surface area (Å²) >= 11 is 1.37. The third-order valence-electron chi connectivity index (χ3n) is 4.01. The molecule has 3 heterocycles. The van der Waals surface area contributed by atoms with E-state index in [0.717, 1.165) is 22.1 Å². The highest BCUT2D eigenvalue weighted by molar-refractivity contribution is 8.18. The second kappa shape index (κ2) is 6.29. The smallest absolute Gasteiger partial charge is 0.337 e. The summed E-state index contributed by atoms with van der Waals surface area (Å²) in [5.41, 5.74) is -0.542. The van der Waals surface area contributed by atoms with Crippen LogP contribution in [0, 0.1) is 0 Å². The van der Waals surface area contributed by atoms with Crippen LogP contribution in [0.4, 0.5) is 10.5 Å². The summed E-state index contributed by atoms with van der Waals surface area (Å²) in [7, 11) is -4.57. The molecule has 2 aliphatic heterocycles. The Bertz CT molecular complexity index is 1230. The molecule has 0 radical (unpaired) electrons. The first-order chi connectivity index (χ1) is 13.2. The van der Waals surface area contributed by atoms with Crippen molar-refractivity contribution in [3.05, 3.63) is 51.1 Å². The van der Waals surface area contributed by atoms with E-state index < -0.39 is 43.5 Å². The molecule has 2 aliphatic rings. The van der Waals surface area contributed by atoms with Gasteiger partial charge in [-0.3, -0.25) is 19.7 Å². The van der Waals surface area contributed by atoms with Crippen LogP contribution in [0.15, 0.2) is 44.8 Å². The van der Waals surface area contributed by atoms with Crippen molar-refractivity contribution in [2.45, 2.75) is 4.90 Å². The first-order valence-electron chi connectivity index (χ1n) is 7.49. The Balaban J connectivity index is 1.95. The van der Waals surface area contributed by atoms with Crippen molar-refractivity contribution in [3.63, 3.8) is 0 Å². The molecule has 142 valence electrons. The summed E-state index contributed by atoms with van der Waals surface area (Å²) in [6, 6.07) is 5.87. The molecule has 3 amide bonds. The number of anilines is 1. The van der Waals surface area contributed by atoms with Crippen molar-refractivity contribution in [1.82, 2.24) is 5.32 Å². The molecule has 1 saturated heterocycles. The molecule has 0 spiro atoms. The maximum Gasteiger partial charge on any atom is 0.337 e. The van der Waals surface area contributed by atoms with Crippen molar-refractivity contribution in [2.24, 2.45) is 0 Å². The van der Waals surface area contributed by atoms with Crippen LogP contribution in [-0.2, 0) is 19.6 Å². The summed E-state index contributed by atoms with van der Waals surface area (Å²) in [5.74, 6) is -3.28. The Labute approximate surface area is 165 Å². The highest BCUT2D eigenvalue weighted by Crippen LogP contribution is 2.45. The molecular weight excluding hydrogens is 428 g/mol. The predicted molar refractivity (Wildman–Crippen MR) is 100 cm³/mol. The van der Waals surface area contributed by atoms with Crippen molar-refractivity contribution < 1.29 is 32.7 Å². The quantitative estimate of drug-likeness (QED) is 0.696. The van der Waals surface area contributed by atoms with E-state index in [0.29, 0.717) is 16.1 Å². The highest BCUT2D eigenvalue weighted by Gasteiger charge is 2.46. The minimum absolute atomic E-state index is 0.0229. The van der Waals surface area contributed by atoms with Crippen LogP contribution in [0.5, 0.6) is 0 Å². The lowest BCUT2D eigenvalue weighted by molar-refractivity contribution is -0.116. The summed E-state index contributed by atoms with van der Waals surface area (Å²) in [6.07, 6.45) is 0. The van der Waals surface area contributed by atoms with Gasteiger partial charge in [-0.15, -0.1) is 0 Å². The lowest BCUT2D eigenvalue weighted by atomic mass is 10.1. The zero-order valence-electron chi connectivity index (χ0n) is 13.5. The van der Waals surface area contributed by atoms with E-state index in [9.17, 15) is 32.7 Å². The monoisotopic (exact) mass is 436 g/mol. The van der Waals surface area contributed by atoms with Gasteiger partial charge in [0.2, 0.25) is 0 Å². The summed E-state index contributed by atoms with van der Waals surface area (Å²) < 4.78 is 26.8. The normalized spacial score (nSPS) is 19.1. The minimum Gasteiger partial charge on any atom is -0.478 e. The number of carbonyl (C=O) groups is 4. The third kappa shape index (κ3) is 2.57. The molecule has 1 fully saturated rings. The molecule has 0 aliphatic carbocycles. The van der Waals surface area contributed by atoms with Gasteiger partial charge < -0.3 is 5.11 Å². The van der Waals surface area contributed by atoms with Crippen molar-refractivity contribution in [3.8, 4) is 0 Å². The summed E-state index contributed by atoms with van der Waals surface area (Å²) in [5, 5.41) is 12.9. The number of hydrogen-bond donors (Lipinski definition) is 2. The van der Waals surface area contributed by atoms with Crippen LogP contribution in [0.2, 0.25) is 0 Å². The van der Waals surface area contributed by atoms with E-state index in [-0.39, 0.29) is 21.7 Å². The number of hydrogen-bond acceptors (Lipinski definition) is 8. The highest BCUT2D eigenvalue weighted by atomic mass is 32.2. The number of fused-ring (bicyclic) bond motifs is 1. The van der Waals surface area contributed by atoms with Gasteiger partial charge in [-0.05, 0) is 17.8 Å². The number of nitrogens with zero attached hydrogens (tertiary/aromatic N) is 1. The number of nitrogens with one attached hydrogen (secondary N) is 1. The number of carboxylic acid groups (broad SMARTS) is 1. The predicted octanol–water partition coefficient (Wildman–Crippen LogP) is 1.88. The lowest BCUT2D eigenvalue weighted by Gasteiger charge is -2.17. The van der Waals surface area contributed by atoms with Gasteiger partial charge in [0.25, 0.3) is 27.1 Å². The number of sulfonamides is 1. The number of imide groups is 1. The number of rotatable bonds is 3. The SMILES string of the molecule is O=C1NC(=O)C(=C2C(=O)N(S(=O)(=O)c3cscc3C(=O)O)c3ccccc32)S1. The molecule has 28 heavy (non-hydrogen) atoms. The Kier molecular flexibility index (Phi) is 4.14. The van der Waals surface area contributed by atoms with Gasteiger partial charge in [0, 0.05) is 16.3 Å². The largest absolute Gasteiger partial charge is 0.478 e. The lowest BCUT2D eigenvalue weighted by Crippen LogP contribution is -2.34. The van der Waals surface area contributed by atoms with Gasteiger partial charge >= 0.3 is 5.97 Å². The van der Waals surface area contributed by atoms with Gasteiger partial charge in [0.05, 0.1) is 21.7 Å². The molecule has 1 aromatic carbocycles. The number of carbonyl (C=O) groups excluding carboxylic acids is 3. The van der Waals surface area contributed by atoms with E-state index in [4.69, 9.17) is 0 Å². The van der Waals surface area contributed by atoms with Crippen LogP contribution in [-0.4, -0.2) is 36.5 Å². The van der Waals surface area contributed by atoms with Gasteiger partial charge in [-0.1, -0.05) is 18.2 Å². The average molecular weight is 436 g/mol. The first kappa shape index (κ1) is 18.4. The van der Waals surface area contributed by atoms with Crippen LogP contribution in [0.25, 0.3) is 5.57 Å². The zero-order chi connectivity index (χ0) is 20.2. The van der Waals surface area contributed by atoms with Gasteiger partial charge in [-0.25, -0.2) is 13.2 Å². The van der Waals surface area contributed by atoms with Crippen LogP contribution in [0.3, 0.4) is 0 Å². The van der Waals surface area contributed by atoms with E-state index >= 15 is 0 Å². The van der Waals surface area contributed by atoms with E-state index in [2.05, 4.69) is 0 Å². The average Bonchev–Trinajstić information content (AvgIpc) is 3.30. The Morgan fingerprint density at radius 3 is 2.46 bits per heavy atom. The minimum atomic E-state index is -4.57. The van der Waals surface area contributed by atoms with Gasteiger partial charge in [-0.2, -0.15) is 15.6 Å². The fourth-order valence-corrected chi connectivity index (χ4v) is 6.40. The molecule has 0 unspecified atom stereocenters. The molecule has 0 atom stereocenters. The van der Waals surface area contributed by atoms with E-state index in [1.54, 1.807) is 6.07 Å². The van der Waals surface area contributed by atoms with Crippen LogP contribution in [0.1, 0.15) is 15.9 Å². The number of amides is 3. The van der Waals surface area contributed by atoms with Crippen molar-refractivity contribution in [1.29, 1.82) is 0 Å². The fourth-order valence-electron chi connectivity index (χ4n) is 2.86.